The van der Waals surface area contributed by atoms with Gasteiger partial charge in [-0.1, -0.05) is 36.3 Å². The van der Waals surface area contributed by atoms with Crippen LogP contribution in [0.1, 0.15) is 18.1 Å². The van der Waals surface area contributed by atoms with Crippen molar-refractivity contribution < 1.29 is 5.21 Å². The number of rotatable bonds is 3. The van der Waals surface area contributed by atoms with Crippen LogP contribution >= 0.6 is 0 Å². The molecular formula is C14H21N3O. The van der Waals surface area contributed by atoms with Gasteiger partial charge in [0.05, 0.1) is 0 Å². The Morgan fingerprint density at radius 1 is 1.33 bits per heavy atom. The Morgan fingerprint density at radius 3 is 2.39 bits per heavy atom. The highest BCUT2D eigenvalue weighted by atomic mass is 16.4. The maximum Gasteiger partial charge on any atom is 0.143 e. The standard InChI is InChI=1S/C14H21N3O/c1-11(14(15)16-18)10-17-8-6-12-4-2-3-5-13(12)7-9-17/h2-5,11,18H,6-10H2,1H3,(H2,15,16). The molecule has 0 amide bonds. The Bertz CT molecular complexity index is 404. The molecule has 1 atom stereocenters. The minimum atomic E-state index is 0.0937. The van der Waals surface area contributed by atoms with E-state index in [-0.39, 0.29) is 5.92 Å². The molecule has 0 aromatic heterocycles. The van der Waals surface area contributed by atoms with Crippen LogP contribution in [0.3, 0.4) is 0 Å². The summed E-state index contributed by atoms with van der Waals surface area (Å²) in [6, 6.07) is 8.64. The van der Waals surface area contributed by atoms with Crippen LogP contribution in [-0.2, 0) is 12.8 Å². The largest absolute Gasteiger partial charge is 0.409 e. The summed E-state index contributed by atoms with van der Waals surface area (Å²) in [6.07, 6.45) is 2.16. The first-order valence-corrected chi connectivity index (χ1v) is 6.47. The van der Waals surface area contributed by atoms with Crippen LogP contribution in [0, 0.1) is 5.92 Å². The smallest absolute Gasteiger partial charge is 0.143 e. The highest BCUT2D eigenvalue weighted by Crippen LogP contribution is 2.16. The van der Waals surface area contributed by atoms with Crippen molar-refractivity contribution in [1.29, 1.82) is 0 Å². The highest BCUT2D eigenvalue weighted by molar-refractivity contribution is 5.82. The van der Waals surface area contributed by atoms with Gasteiger partial charge in [-0.05, 0) is 24.0 Å². The number of amidine groups is 1. The summed E-state index contributed by atoms with van der Waals surface area (Å²) in [5.74, 6) is 0.410. The van der Waals surface area contributed by atoms with Gasteiger partial charge < -0.3 is 15.8 Å². The van der Waals surface area contributed by atoms with Crippen LogP contribution in [0.2, 0.25) is 0 Å². The molecule has 1 aromatic rings. The van der Waals surface area contributed by atoms with E-state index in [1.807, 2.05) is 6.92 Å². The monoisotopic (exact) mass is 247 g/mol. The van der Waals surface area contributed by atoms with Gasteiger partial charge in [0, 0.05) is 25.6 Å². The van der Waals surface area contributed by atoms with Gasteiger partial charge in [-0.3, -0.25) is 0 Å². The summed E-state index contributed by atoms with van der Waals surface area (Å²) in [7, 11) is 0. The number of fused-ring (bicyclic) bond motifs is 1. The number of hydrogen-bond donors (Lipinski definition) is 2. The van der Waals surface area contributed by atoms with Crippen molar-refractivity contribution in [2.24, 2.45) is 16.8 Å². The van der Waals surface area contributed by atoms with Gasteiger partial charge in [-0.2, -0.15) is 0 Å². The summed E-state index contributed by atoms with van der Waals surface area (Å²) >= 11 is 0. The molecule has 0 fully saturated rings. The zero-order chi connectivity index (χ0) is 13.0. The van der Waals surface area contributed by atoms with Crippen molar-refractivity contribution in [3.63, 3.8) is 0 Å². The second-order valence-corrected chi connectivity index (χ2v) is 5.00. The lowest BCUT2D eigenvalue weighted by Gasteiger charge is -2.23. The molecule has 0 spiro atoms. The SMILES string of the molecule is CC(CN1CCc2ccccc2CC1)C(N)=NO. The third kappa shape index (κ3) is 3.01. The molecule has 1 aliphatic rings. The topological polar surface area (TPSA) is 61.8 Å². The van der Waals surface area contributed by atoms with Crippen molar-refractivity contribution >= 4 is 5.84 Å². The first kappa shape index (κ1) is 12.9. The molecule has 4 nitrogen and oxygen atoms in total. The van der Waals surface area contributed by atoms with E-state index in [2.05, 4.69) is 34.3 Å². The van der Waals surface area contributed by atoms with Gasteiger partial charge >= 0.3 is 0 Å². The van der Waals surface area contributed by atoms with E-state index < -0.39 is 0 Å². The highest BCUT2D eigenvalue weighted by Gasteiger charge is 2.17. The van der Waals surface area contributed by atoms with Crippen molar-refractivity contribution in [3.05, 3.63) is 35.4 Å². The first-order valence-electron chi connectivity index (χ1n) is 6.47. The molecule has 1 heterocycles. The van der Waals surface area contributed by atoms with E-state index >= 15 is 0 Å². The number of nitrogens with two attached hydrogens (primary N) is 1. The van der Waals surface area contributed by atoms with Crippen LogP contribution < -0.4 is 5.73 Å². The van der Waals surface area contributed by atoms with Crippen LogP contribution in [0.15, 0.2) is 29.4 Å². The van der Waals surface area contributed by atoms with E-state index in [0.29, 0.717) is 5.84 Å². The second-order valence-electron chi connectivity index (χ2n) is 5.00. The summed E-state index contributed by atoms with van der Waals surface area (Å²) in [5, 5.41) is 11.8. The van der Waals surface area contributed by atoms with Gasteiger partial charge in [0.1, 0.15) is 5.84 Å². The molecule has 4 heteroatoms. The molecule has 1 aliphatic heterocycles. The zero-order valence-corrected chi connectivity index (χ0v) is 10.8. The number of hydrogen-bond acceptors (Lipinski definition) is 3. The molecule has 2 rings (SSSR count). The Morgan fingerprint density at radius 2 is 1.89 bits per heavy atom. The lowest BCUT2D eigenvalue weighted by molar-refractivity contribution is 0.264. The Labute approximate surface area is 108 Å². The molecule has 0 aliphatic carbocycles. The van der Waals surface area contributed by atoms with Crippen LogP contribution in [-0.4, -0.2) is 35.6 Å². The van der Waals surface area contributed by atoms with Gasteiger partial charge in [0.15, 0.2) is 0 Å². The molecule has 0 saturated carbocycles. The molecule has 3 N–H and O–H groups in total. The van der Waals surface area contributed by atoms with Gasteiger partial charge in [-0.25, -0.2) is 0 Å². The maximum absolute atomic E-state index is 8.68. The Hall–Kier alpha value is -1.55. The summed E-state index contributed by atoms with van der Waals surface area (Å²) in [4.78, 5) is 2.39. The average Bonchev–Trinajstić information content (AvgIpc) is 2.61. The van der Waals surface area contributed by atoms with Gasteiger partial charge in [-0.15, -0.1) is 0 Å². The molecule has 0 bridgehead atoms. The zero-order valence-electron chi connectivity index (χ0n) is 10.8. The maximum atomic E-state index is 8.68. The van der Waals surface area contributed by atoms with Gasteiger partial charge in [0.25, 0.3) is 0 Å². The fourth-order valence-corrected chi connectivity index (χ4v) is 2.48. The predicted octanol–water partition coefficient (Wildman–Crippen LogP) is 1.47. The van der Waals surface area contributed by atoms with E-state index in [1.165, 1.54) is 11.1 Å². The Balaban J connectivity index is 1.96. The lowest BCUT2D eigenvalue weighted by Crippen LogP contribution is -2.36. The van der Waals surface area contributed by atoms with Crippen molar-refractivity contribution in [1.82, 2.24) is 4.90 Å². The second kappa shape index (κ2) is 5.87. The normalized spacial score (nSPS) is 19.1. The third-order valence-electron chi connectivity index (χ3n) is 3.67. The molecule has 1 unspecified atom stereocenters. The summed E-state index contributed by atoms with van der Waals surface area (Å²) in [6.45, 7) is 4.93. The predicted molar refractivity (Wildman–Crippen MR) is 72.9 cm³/mol. The fraction of sp³-hybridized carbons (Fsp3) is 0.500. The van der Waals surface area contributed by atoms with Crippen LogP contribution in [0.4, 0.5) is 0 Å². The summed E-state index contributed by atoms with van der Waals surface area (Å²) in [5.41, 5.74) is 8.54. The first-order chi connectivity index (χ1) is 8.70. The van der Waals surface area contributed by atoms with E-state index in [0.717, 1.165) is 32.5 Å². The van der Waals surface area contributed by atoms with Crippen molar-refractivity contribution in [2.75, 3.05) is 19.6 Å². The van der Waals surface area contributed by atoms with E-state index in [4.69, 9.17) is 10.9 Å². The third-order valence-corrected chi connectivity index (χ3v) is 3.67. The number of benzene rings is 1. The average molecular weight is 247 g/mol. The summed E-state index contributed by atoms with van der Waals surface area (Å²) < 4.78 is 0. The van der Waals surface area contributed by atoms with Gasteiger partial charge in [0.2, 0.25) is 0 Å². The molecular weight excluding hydrogens is 226 g/mol. The molecule has 18 heavy (non-hydrogen) atoms. The van der Waals surface area contributed by atoms with E-state index in [9.17, 15) is 0 Å². The quantitative estimate of drug-likeness (QED) is 0.368. The minimum Gasteiger partial charge on any atom is -0.409 e. The van der Waals surface area contributed by atoms with Crippen LogP contribution in [0.5, 0.6) is 0 Å². The number of oxime groups is 1. The molecule has 0 saturated heterocycles. The molecule has 0 radical (unpaired) electrons. The van der Waals surface area contributed by atoms with Crippen molar-refractivity contribution in [3.8, 4) is 0 Å². The molecule has 1 aromatic carbocycles. The minimum absolute atomic E-state index is 0.0937. The number of nitrogens with zero attached hydrogens (tertiary/aromatic N) is 2. The Kier molecular flexibility index (Phi) is 4.20. The van der Waals surface area contributed by atoms with Crippen LogP contribution in [0.25, 0.3) is 0 Å². The van der Waals surface area contributed by atoms with E-state index in [1.54, 1.807) is 0 Å². The van der Waals surface area contributed by atoms with Crippen molar-refractivity contribution in [2.45, 2.75) is 19.8 Å². The lowest BCUT2D eigenvalue weighted by atomic mass is 10.0. The fourth-order valence-electron chi connectivity index (χ4n) is 2.48. The molecule has 98 valence electrons.